The first-order valence-electron chi connectivity index (χ1n) is 17.2. The summed E-state index contributed by atoms with van der Waals surface area (Å²) < 4.78 is 13.0. The number of piperidine rings is 1. The summed E-state index contributed by atoms with van der Waals surface area (Å²) >= 11 is 0. The highest BCUT2D eigenvalue weighted by Gasteiger charge is 2.33. The Morgan fingerprint density at radius 1 is 0.830 bits per heavy atom. The lowest BCUT2D eigenvalue weighted by atomic mass is 9.68. The van der Waals surface area contributed by atoms with Crippen molar-refractivity contribution in [3.8, 4) is 17.6 Å². The molecule has 8 nitrogen and oxygen atoms in total. The zero-order valence-corrected chi connectivity index (χ0v) is 29.9. The molecule has 1 aliphatic carbocycles. The van der Waals surface area contributed by atoms with Gasteiger partial charge in [-0.15, -0.1) is 24.8 Å². The lowest BCUT2D eigenvalue weighted by molar-refractivity contribution is 0.0595. The van der Waals surface area contributed by atoms with Crippen molar-refractivity contribution < 1.29 is 14.3 Å². The van der Waals surface area contributed by atoms with E-state index in [1.165, 1.54) is 18.4 Å². The van der Waals surface area contributed by atoms with Crippen molar-refractivity contribution in [1.82, 2.24) is 15.5 Å². The number of rotatable bonds is 7. The van der Waals surface area contributed by atoms with Crippen molar-refractivity contribution >= 4 is 36.4 Å². The maximum atomic E-state index is 13.8. The minimum absolute atomic E-state index is 0. The maximum Gasteiger partial charge on any atom is 0.253 e. The predicted octanol–water partition coefficient (Wildman–Crippen LogP) is 6.56. The predicted molar refractivity (Wildman–Crippen MR) is 193 cm³/mol. The van der Waals surface area contributed by atoms with Gasteiger partial charge in [0.2, 0.25) is 0 Å². The molecule has 0 bridgehead atoms. The maximum absolute atomic E-state index is 13.8. The van der Waals surface area contributed by atoms with Gasteiger partial charge in [-0.1, -0.05) is 20.8 Å². The first-order chi connectivity index (χ1) is 21.8. The molecule has 2 N–H and O–H groups in total. The van der Waals surface area contributed by atoms with E-state index in [9.17, 15) is 10.1 Å². The number of halogens is 2. The second-order valence-electron chi connectivity index (χ2n) is 14.6. The van der Waals surface area contributed by atoms with E-state index in [1.54, 1.807) is 0 Å². The Morgan fingerprint density at radius 2 is 1.55 bits per heavy atom. The van der Waals surface area contributed by atoms with E-state index in [4.69, 9.17) is 9.47 Å². The Morgan fingerprint density at radius 3 is 2.19 bits per heavy atom. The summed E-state index contributed by atoms with van der Waals surface area (Å²) in [6, 6.07) is 14.3. The van der Waals surface area contributed by atoms with Gasteiger partial charge in [0.1, 0.15) is 23.7 Å². The molecule has 6 rings (SSSR count). The Kier molecular flexibility index (Phi) is 13.1. The Hall–Kier alpha value is -2.70. The fourth-order valence-corrected chi connectivity index (χ4v) is 7.66. The number of anilines is 1. The van der Waals surface area contributed by atoms with Gasteiger partial charge in [0.15, 0.2) is 0 Å². The summed E-state index contributed by atoms with van der Waals surface area (Å²) in [6.45, 7) is 14.0. The number of piperazine rings is 1. The number of nitrogens with zero attached hydrogens (tertiary/aromatic N) is 3. The molecule has 4 aliphatic rings. The highest BCUT2D eigenvalue weighted by atomic mass is 35.5. The van der Waals surface area contributed by atoms with E-state index >= 15 is 0 Å². The van der Waals surface area contributed by atoms with Crippen LogP contribution in [-0.4, -0.2) is 75.4 Å². The number of hydrogen-bond donors (Lipinski definition) is 2. The van der Waals surface area contributed by atoms with Gasteiger partial charge >= 0.3 is 0 Å². The quantitative estimate of drug-likeness (QED) is 0.341. The van der Waals surface area contributed by atoms with Gasteiger partial charge in [0.25, 0.3) is 5.91 Å². The van der Waals surface area contributed by atoms with Crippen molar-refractivity contribution in [3.05, 3.63) is 53.1 Å². The number of amides is 1. The van der Waals surface area contributed by atoms with Crippen LogP contribution in [0.1, 0.15) is 93.1 Å². The van der Waals surface area contributed by atoms with Crippen molar-refractivity contribution in [1.29, 1.82) is 5.26 Å². The Bertz CT molecular complexity index is 1370. The minimum Gasteiger partial charge on any atom is -0.490 e. The first-order valence-corrected chi connectivity index (χ1v) is 17.2. The van der Waals surface area contributed by atoms with E-state index in [0.717, 1.165) is 100 Å². The third-order valence-electron chi connectivity index (χ3n) is 10.5. The highest BCUT2D eigenvalue weighted by molar-refractivity contribution is 5.94. The highest BCUT2D eigenvalue weighted by Crippen LogP contribution is 2.45. The summed E-state index contributed by atoms with van der Waals surface area (Å²) in [6.07, 6.45) is 7.49. The molecule has 3 aliphatic heterocycles. The first kappa shape index (κ1) is 37.1. The fourth-order valence-electron chi connectivity index (χ4n) is 7.66. The number of ether oxygens (including phenoxy) is 2. The second kappa shape index (κ2) is 16.6. The SMILES string of the molecule is CC(C)(C)C1CCC(c2cc(C(=O)N3CCC(Oc4cc(C#N)cc(N5CCNCC5)c4)CC3)ccc2O[C@H]2CCNC2)CC1.Cl.Cl. The van der Waals surface area contributed by atoms with Crippen LogP contribution in [0.5, 0.6) is 11.5 Å². The van der Waals surface area contributed by atoms with Crippen LogP contribution in [0.4, 0.5) is 5.69 Å². The number of benzene rings is 2. The van der Waals surface area contributed by atoms with E-state index in [0.29, 0.717) is 30.0 Å². The van der Waals surface area contributed by atoms with Crippen molar-refractivity contribution in [3.63, 3.8) is 0 Å². The molecule has 3 saturated heterocycles. The molecule has 4 fully saturated rings. The molecule has 1 amide bonds. The topological polar surface area (TPSA) is 89.9 Å². The zero-order chi connectivity index (χ0) is 31.4. The largest absolute Gasteiger partial charge is 0.490 e. The van der Waals surface area contributed by atoms with Gasteiger partial charge in [0.05, 0.1) is 11.6 Å². The van der Waals surface area contributed by atoms with Crippen LogP contribution in [-0.2, 0) is 0 Å². The van der Waals surface area contributed by atoms with Gasteiger partial charge < -0.3 is 29.9 Å². The van der Waals surface area contributed by atoms with Crippen LogP contribution >= 0.6 is 24.8 Å². The van der Waals surface area contributed by atoms with E-state index in [2.05, 4.69) is 60.6 Å². The van der Waals surface area contributed by atoms with Crippen molar-refractivity contribution in [2.75, 3.05) is 57.3 Å². The molecule has 47 heavy (non-hydrogen) atoms. The summed E-state index contributed by atoms with van der Waals surface area (Å²) in [5.41, 5.74) is 3.97. The van der Waals surface area contributed by atoms with E-state index in [1.807, 2.05) is 23.1 Å². The monoisotopic (exact) mass is 685 g/mol. The molecule has 1 saturated carbocycles. The summed E-state index contributed by atoms with van der Waals surface area (Å²) in [5.74, 6) is 2.97. The number of hydrogen-bond acceptors (Lipinski definition) is 7. The number of likely N-dealkylation sites (tertiary alicyclic amines) is 1. The van der Waals surface area contributed by atoms with Crippen molar-refractivity contribution in [2.45, 2.75) is 83.8 Å². The van der Waals surface area contributed by atoms with Gasteiger partial charge in [0, 0.05) is 76.0 Å². The number of nitriles is 1. The number of nitrogens with one attached hydrogen (secondary N) is 2. The molecule has 1 atom stereocenters. The Labute approximate surface area is 293 Å². The molecule has 10 heteroatoms. The zero-order valence-electron chi connectivity index (χ0n) is 28.3. The molecule has 2 aromatic rings. The van der Waals surface area contributed by atoms with Gasteiger partial charge in [-0.25, -0.2) is 0 Å². The molecule has 0 radical (unpaired) electrons. The fraction of sp³-hybridized carbons (Fsp3) is 0.622. The van der Waals surface area contributed by atoms with Crippen LogP contribution in [0.2, 0.25) is 0 Å². The molecule has 2 aromatic carbocycles. The summed E-state index contributed by atoms with van der Waals surface area (Å²) in [7, 11) is 0. The average molecular weight is 687 g/mol. The third kappa shape index (κ3) is 9.26. The minimum atomic E-state index is 0. The molecular weight excluding hydrogens is 633 g/mol. The molecule has 3 heterocycles. The van der Waals surface area contributed by atoms with E-state index in [-0.39, 0.29) is 42.9 Å². The van der Waals surface area contributed by atoms with Crippen LogP contribution in [0.15, 0.2) is 36.4 Å². The lowest BCUT2D eigenvalue weighted by Crippen LogP contribution is -2.43. The standard InChI is InChI=1S/C37H51N5O3.2ClH/c1-37(2,3)29-7-4-27(5-8-29)34-22-28(6-9-35(34)45-32-10-13-40-25-32)36(43)42-16-11-31(12-17-42)44-33-21-26(24-38)20-30(23-33)41-18-14-39-15-19-41;;/h6,9,20-23,27,29,31-32,39-40H,4-5,7-8,10-19,25H2,1-3H3;2*1H/t27?,29?,32-;;/m0../s1. The van der Waals surface area contributed by atoms with Gasteiger partial charge in [-0.2, -0.15) is 5.26 Å². The normalized spacial score (nSPS) is 23.7. The van der Waals surface area contributed by atoms with Crippen LogP contribution < -0.4 is 25.0 Å². The molecule has 0 aromatic heterocycles. The summed E-state index contributed by atoms with van der Waals surface area (Å²) in [5, 5.41) is 16.4. The molecule has 258 valence electrons. The number of carbonyl (C=O) groups excluding carboxylic acids is 1. The van der Waals surface area contributed by atoms with E-state index < -0.39 is 0 Å². The number of carbonyl (C=O) groups is 1. The molecule has 0 spiro atoms. The van der Waals surface area contributed by atoms with Gasteiger partial charge in [-0.05, 0) is 91.8 Å². The smallest absolute Gasteiger partial charge is 0.253 e. The van der Waals surface area contributed by atoms with Crippen LogP contribution in [0, 0.1) is 22.7 Å². The Balaban J connectivity index is 0.00000250. The van der Waals surface area contributed by atoms with Crippen LogP contribution in [0.3, 0.4) is 0 Å². The average Bonchev–Trinajstić information content (AvgIpc) is 3.58. The second-order valence-corrected chi connectivity index (χ2v) is 14.6. The molecule has 0 unspecified atom stereocenters. The molecular formula is C37H53Cl2N5O3. The summed E-state index contributed by atoms with van der Waals surface area (Å²) in [4.78, 5) is 18.1. The van der Waals surface area contributed by atoms with Gasteiger partial charge in [-0.3, -0.25) is 4.79 Å². The lowest BCUT2D eigenvalue weighted by Gasteiger charge is -2.37. The third-order valence-corrected chi connectivity index (χ3v) is 10.5. The van der Waals surface area contributed by atoms with Crippen LogP contribution in [0.25, 0.3) is 0 Å². The van der Waals surface area contributed by atoms with Crippen molar-refractivity contribution in [2.24, 2.45) is 11.3 Å².